The molecule has 3 nitrogen and oxygen atoms in total. The molecule has 7 heteroatoms. The van der Waals surface area contributed by atoms with Crippen LogP contribution in [-0.4, -0.2) is 17.0 Å². The molecule has 0 aliphatic carbocycles. The normalized spacial score (nSPS) is 11.5. The summed E-state index contributed by atoms with van der Waals surface area (Å²) in [5.41, 5.74) is -0.196. The Hall–Kier alpha value is -2.18. The van der Waals surface area contributed by atoms with Crippen molar-refractivity contribution in [2.45, 2.75) is 13.1 Å². The second-order valence-electron chi connectivity index (χ2n) is 4.23. The number of halogens is 4. The maximum atomic E-state index is 13.3. The third-order valence-corrected chi connectivity index (χ3v) is 2.58. The van der Waals surface area contributed by atoms with Crippen LogP contribution in [0.5, 0.6) is 0 Å². The quantitative estimate of drug-likeness (QED) is 0.856. The van der Waals surface area contributed by atoms with Crippen LogP contribution >= 0.6 is 0 Å². The molecule has 0 bridgehead atoms. The Labute approximate surface area is 112 Å². The van der Waals surface area contributed by atoms with Crippen LogP contribution in [0.2, 0.25) is 0 Å². The van der Waals surface area contributed by atoms with Gasteiger partial charge in [0.15, 0.2) is 5.69 Å². The van der Waals surface area contributed by atoms with Crippen LogP contribution in [0.25, 0.3) is 11.3 Å². The first-order valence-electron chi connectivity index (χ1n) is 5.71. The van der Waals surface area contributed by atoms with Gasteiger partial charge in [-0.25, -0.2) is 14.4 Å². The van der Waals surface area contributed by atoms with Crippen LogP contribution in [-0.2, 0) is 6.18 Å². The number of benzene rings is 1. The molecule has 0 saturated carbocycles. The molecular formula is C13H11F4N3. The molecule has 2 aromatic rings. The number of rotatable bonds is 2. The molecule has 1 heterocycles. The van der Waals surface area contributed by atoms with Gasteiger partial charge in [0, 0.05) is 12.6 Å². The van der Waals surface area contributed by atoms with Crippen LogP contribution in [0.3, 0.4) is 0 Å². The van der Waals surface area contributed by atoms with Gasteiger partial charge in [0.05, 0.1) is 5.69 Å². The maximum absolute atomic E-state index is 13.3. The van der Waals surface area contributed by atoms with Gasteiger partial charge in [0.25, 0.3) is 0 Å². The van der Waals surface area contributed by atoms with Crippen molar-refractivity contribution < 1.29 is 17.6 Å². The van der Waals surface area contributed by atoms with Crippen LogP contribution < -0.4 is 5.32 Å². The van der Waals surface area contributed by atoms with Crippen molar-refractivity contribution in [3.05, 3.63) is 41.3 Å². The minimum atomic E-state index is -4.59. The Bertz CT molecular complexity index is 618. The molecule has 0 saturated heterocycles. The van der Waals surface area contributed by atoms with E-state index in [-0.39, 0.29) is 17.2 Å². The van der Waals surface area contributed by atoms with E-state index in [9.17, 15) is 17.6 Å². The van der Waals surface area contributed by atoms with Gasteiger partial charge in [-0.15, -0.1) is 0 Å². The highest BCUT2D eigenvalue weighted by molar-refractivity contribution is 5.62. The predicted molar refractivity (Wildman–Crippen MR) is 66.7 cm³/mol. The average molecular weight is 285 g/mol. The van der Waals surface area contributed by atoms with E-state index in [0.29, 0.717) is 5.56 Å². The van der Waals surface area contributed by atoms with Gasteiger partial charge < -0.3 is 5.32 Å². The van der Waals surface area contributed by atoms with Crippen molar-refractivity contribution in [3.8, 4) is 11.3 Å². The Kier molecular flexibility index (Phi) is 3.61. The molecule has 0 radical (unpaired) electrons. The molecule has 106 valence electrons. The van der Waals surface area contributed by atoms with E-state index in [4.69, 9.17) is 0 Å². The van der Waals surface area contributed by atoms with Gasteiger partial charge in [0.1, 0.15) is 5.82 Å². The Morgan fingerprint density at radius 1 is 1.05 bits per heavy atom. The van der Waals surface area contributed by atoms with Crippen molar-refractivity contribution in [2.75, 3.05) is 12.4 Å². The smallest absolute Gasteiger partial charge is 0.357 e. The molecule has 0 atom stereocenters. The number of hydrogen-bond donors (Lipinski definition) is 1. The highest BCUT2D eigenvalue weighted by atomic mass is 19.4. The number of anilines is 1. The molecule has 1 aromatic carbocycles. The summed E-state index contributed by atoms with van der Waals surface area (Å²) in [5.74, 6) is -0.699. The van der Waals surface area contributed by atoms with E-state index in [1.807, 2.05) is 0 Å². The van der Waals surface area contributed by atoms with Gasteiger partial charge in [-0.2, -0.15) is 13.2 Å². The third kappa shape index (κ3) is 3.04. The number of hydrogen-bond acceptors (Lipinski definition) is 3. The average Bonchev–Trinajstić information content (AvgIpc) is 2.36. The second-order valence-corrected chi connectivity index (χ2v) is 4.23. The number of alkyl halides is 3. The summed E-state index contributed by atoms with van der Waals surface area (Å²) < 4.78 is 51.6. The lowest BCUT2D eigenvalue weighted by Gasteiger charge is -2.10. The highest BCUT2D eigenvalue weighted by Gasteiger charge is 2.33. The van der Waals surface area contributed by atoms with Crippen LogP contribution in [0, 0.1) is 12.7 Å². The topological polar surface area (TPSA) is 37.8 Å². The lowest BCUT2D eigenvalue weighted by molar-refractivity contribution is -0.141. The molecule has 0 unspecified atom stereocenters. The van der Waals surface area contributed by atoms with Gasteiger partial charge in [-0.1, -0.05) is 0 Å². The monoisotopic (exact) mass is 285 g/mol. The first-order chi connectivity index (χ1) is 9.29. The fraction of sp³-hybridized carbons (Fsp3) is 0.231. The van der Waals surface area contributed by atoms with E-state index in [1.54, 1.807) is 13.0 Å². The van der Waals surface area contributed by atoms with Gasteiger partial charge in [0.2, 0.25) is 5.95 Å². The molecule has 1 aromatic heterocycles. The van der Waals surface area contributed by atoms with Crippen LogP contribution in [0.15, 0.2) is 24.3 Å². The van der Waals surface area contributed by atoms with Crippen LogP contribution in [0.4, 0.5) is 23.5 Å². The zero-order chi connectivity index (χ0) is 14.9. The molecule has 0 aliphatic heterocycles. The van der Waals surface area contributed by atoms with Crippen LogP contribution in [0.1, 0.15) is 11.3 Å². The molecule has 0 amide bonds. The predicted octanol–water partition coefficient (Wildman–Crippen LogP) is 3.65. The fourth-order valence-electron chi connectivity index (χ4n) is 1.74. The summed E-state index contributed by atoms with van der Waals surface area (Å²) in [4.78, 5) is 7.28. The van der Waals surface area contributed by atoms with Crippen molar-refractivity contribution in [2.24, 2.45) is 0 Å². The standard InChI is InChI=1S/C13H11F4N3/c1-7-3-8(5-9(14)4-7)10-6-11(13(15,16)17)20-12(18-2)19-10/h3-6H,1-2H3,(H,18,19,20). The SMILES string of the molecule is CNc1nc(-c2cc(C)cc(F)c2)cc(C(F)(F)F)n1. The summed E-state index contributed by atoms with van der Waals surface area (Å²) >= 11 is 0. The van der Waals surface area contributed by atoms with Gasteiger partial charge >= 0.3 is 6.18 Å². The summed E-state index contributed by atoms with van der Waals surface area (Å²) in [6.07, 6.45) is -4.59. The van der Waals surface area contributed by atoms with Gasteiger partial charge in [-0.05, 0) is 36.8 Å². The zero-order valence-corrected chi connectivity index (χ0v) is 10.7. The first kappa shape index (κ1) is 14.2. The van der Waals surface area contributed by atoms with Crippen molar-refractivity contribution in [1.29, 1.82) is 0 Å². The van der Waals surface area contributed by atoms with E-state index in [1.165, 1.54) is 13.1 Å². The summed E-state index contributed by atoms with van der Waals surface area (Å²) in [7, 11) is 1.41. The molecular weight excluding hydrogens is 274 g/mol. The molecule has 0 spiro atoms. The summed E-state index contributed by atoms with van der Waals surface area (Å²) in [6, 6.07) is 4.78. The largest absolute Gasteiger partial charge is 0.433 e. The van der Waals surface area contributed by atoms with Crippen molar-refractivity contribution >= 4 is 5.95 Å². The maximum Gasteiger partial charge on any atom is 0.433 e. The van der Waals surface area contributed by atoms with E-state index in [2.05, 4.69) is 15.3 Å². The van der Waals surface area contributed by atoms with Crippen molar-refractivity contribution in [1.82, 2.24) is 9.97 Å². The first-order valence-corrected chi connectivity index (χ1v) is 5.71. The Morgan fingerprint density at radius 2 is 1.75 bits per heavy atom. The number of aromatic nitrogens is 2. The second kappa shape index (κ2) is 5.07. The lowest BCUT2D eigenvalue weighted by atomic mass is 10.1. The molecule has 1 N–H and O–H groups in total. The number of nitrogens with one attached hydrogen (secondary N) is 1. The van der Waals surface area contributed by atoms with E-state index < -0.39 is 17.7 Å². The molecule has 20 heavy (non-hydrogen) atoms. The summed E-state index contributed by atoms with van der Waals surface area (Å²) in [6.45, 7) is 1.65. The van der Waals surface area contributed by atoms with Gasteiger partial charge in [-0.3, -0.25) is 0 Å². The highest BCUT2D eigenvalue weighted by Crippen LogP contribution is 2.31. The minimum Gasteiger partial charge on any atom is -0.357 e. The molecule has 2 rings (SSSR count). The molecule has 0 fully saturated rings. The van der Waals surface area contributed by atoms with E-state index in [0.717, 1.165) is 12.1 Å². The lowest BCUT2D eigenvalue weighted by Crippen LogP contribution is -2.11. The summed E-state index contributed by atoms with van der Waals surface area (Å²) in [5, 5.41) is 2.46. The Balaban J connectivity index is 2.61. The third-order valence-electron chi connectivity index (χ3n) is 2.58. The van der Waals surface area contributed by atoms with Crippen molar-refractivity contribution in [3.63, 3.8) is 0 Å². The Morgan fingerprint density at radius 3 is 2.30 bits per heavy atom. The number of aryl methyl sites for hydroxylation is 1. The zero-order valence-electron chi connectivity index (χ0n) is 10.7. The minimum absolute atomic E-state index is 0.0132. The number of nitrogens with zero attached hydrogens (tertiary/aromatic N) is 2. The fourth-order valence-corrected chi connectivity index (χ4v) is 1.74. The van der Waals surface area contributed by atoms with E-state index >= 15 is 0 Å². The molecule has 0 aliphatic rings.